The van der Waals surface area contributed by atoms with Gasteiger partial charge in [-0.3, -0.25) is 0 Å². The minimum atomic E-state index is -1.26. The van der Waals surface area contributed by atoms with Crippen molar-refractivity contribution in [1.82, 2.24) is 0 Å². The summed E-state index contributed by atoms with van der Waals surface area (Å²) in [6, 6.07) is 4.15. The van der Waals surface area contributed by atoms with Crippen molar-refractivity contribution in [2.75, 3.05) is 5.75 Å². The zero-order chi connectivity index (χ0) is 10.6. The van der Waals surface area contributed by atoms with Gasteiger partial charge in [-0.2, -0.15) is 12.6 Å². The fourth-order valence-electron chi connectivity index (χ4n) is 1.09. The van der Waals surface area contributed by atoms with Crippen LogP contribution in [0.2, 0.25) is 0 Å². The predicted octanol–water partition coefficient (Wildman–Crippen LogP) is 2.47. The number of carboxylic acids is 1. The van der Waals surface area contributed by atoms with Gasteiger partial charge in [-0.1, -0.05) is 24.3 Å². The number of thiol groups is 1. The summed E-state index contributed by atoms with van der Waals surface area (Å²) < 4.78 is 13.1. The molecule has 1 N–H and O–H groups in total. The summed E-state index contributed by atoms with van der Waals surface area (Å²) in [6.07, 6.45) is 3.20. The molecule has 0 aromatic heterocycles. The van der Waals surface area contributed by atoms with Crippen molar-refractivity contribution >= 4 is 24.7 Å². The maximum absolute atomic E-state index is 13.1. The topological polar surface area (TPSA) is 37.3 Å². The van der Waals surface area contributed by atoms with Crippen LogP contribution in [0.25, 0.3) is 6.08 Å². The lowest BCUT2D eigenvalue weighted by molar-refractivity contribution is 0.0691. The number of carbonyl (C=O) groups is 1. The first-order valence-electron chi connectivity index (χ1n) is 3.96. The first-order valence-corrected chi connectivity index (χ1v) is 4.59. The maximum atomic E-state index is 13.1. The molecule has 0 aliphatic heterocycles. The molecule has 0 saturated heterocycles. The van der Waals surface area contributed by atoms with Gasteiger partial charge in [0, 0.05) is 5.75 Å². The number of rotatable bonds is 3. The Morgan fingerprint density at radius 1 is 1.57 bits per heavy atom. The van der Waals surface area contributed by atoms with Gasteiger partial charge in [-0.05, 0) is 11.6 Å². The SMILES string of the molecule is O=C(O)c1c(F)cccc1C=CCS. The number of benzene rings is 1. The molecule has 0 fully saturated rings. The Kier molecular flexibility index (Phi) is 3.71. The summed E-state index contributed by atoms with van der Waals surface area (Å²) >= 11 is 3.93. The van der Waals surface area contributed by atoms with Gasteiger partial charge < -0.3 is 5.11 Å². The zero-order valence-electron chi connectivity index (χ0n) is 7.27. The molecule has 0 unspecified atom stereocenters. The minimum absolute atomic E-state index is 0.300. The van der Waals surface area contributed by atoms with Crippen LogP contribution < -0.4 is 0 Å². The molecule has 1 aromatic carbocycles. The predicted molar refractivity (Wildman–Crippen MR) is 56.2 cm³/mol. The van der Waals surface area contributed by atoms with Gasteiger partial charge in [-0.15, -0.1) is 0 Å². The number of hydrogen-bond acceptors (Lipinski definition) is 2. The first-order chi connectivity index (χ1) is 6.66. The molecular weight excluding hydrogens is 203 g/mol. The highest BCUT2D eigenvalue weighted by Crippen LogP contribution is 2.15. The zero-order valence-corrected chi connectivity index (χ0v) is 8.17. The molecule has 0 radical (unpaired) electrons. The largest absolute Gasteiger partial charge is 0.478 e. The van der Waals surface area contributed by atoms with Crippen molar-refractivity contribution < 1.29 is 14.3 Å². The van der Waals surface area contributed by atoms with Crippen LogP contribution in [-0.2, 0) is 0 Å². The first kappa shape index (κ1) is 10.8. The van der Waals surface area contributed by atoms with E-state index in [0.29, 0.717) is 11.3 Å². The molecule has 0 aliphatic rings. The Labute approximate surface area is 86.5 Å². The van der Waals surface area contributed by atoms with E-state index in [0.717, 1.165) is 6.07 Å². The molecule has 0 heterocycles. The van der Waals surface area contributed by atoms with E-state index in [9.17, 15) is 9.18 Å². The van der Waals surface area contributed by atoms with E-state index in [1.165, 1.54) is 6.07 Å². The van der Waals surface area contributed by atoms with Gasteiger partial charge >= 0.3 is 5.97 Å². The van der Waals surface area contributed by atoms with Gasteiger partial charge in [0.1, 0.15) is 11.4 Å². The Hall–Kier alpha value is -1.29. The highest BCUT2D eigenvalue weighted by atomic mass is 32.1. The van der Waals surface area contributed by atoms with Crippen LogP contribution in [0.4, 0.5) is 4.39 Å². The van der Waals surface area contributed by atoms with E-state index >= 15 is 0 Å². The molecule has 1 aromatic rings. The smallest absolute Gasteiger partial charge is 0.339 e. The van der Waals surface area contributed by atoms with E-state index in [4.69, 9.17) is 5.11 Å². The van der Waals surface area contributed by atoms with Crippen LogP contribution in [-0.4, -0.2) is 16.8 Å². The Morgan fingerprint density at radius 2 is 2.29 bits per heavy atom. The quantitative estimate of drug-likeness (QED) is 0.755. The van der Waals surface area contributed by atoms with Crippen LogP contribution in [0.5, 0.6) is 0 Å². The maximum Gasteiger partial charge on any atom is 0.339 e. The van der Waals surface area contributed by atoms with Crippen LogP contribution in [0.15, 0.2) is 24.3 Å². The van der Waals surface area contributed by atoms with Crippen molar-refractivity contribution in [3.8, 4) is 0 Å². The standard InChI is InChI=1S/C10H9FO2S/c11-8-5-1-3-7(4-2-6-14)9(8)10(12)13/h1-5,14H,6H2,(H,12,13). The second kappa shape index (κ2) is 4.81. The summed E-state index contributed by atoms with van der Waals surface area (Å²) in [5.74, 6) is -1.50. The van der Waals surface area contributed by atoms with Crippen LogP contribution >= 0.6 is 12.6 Å². The molecule has 0 saturated carbocycles. The van der Waals surface area contributed by atoms with Gasteiger partial charge in [0.15, 0.2) is 0 Å². The highest BCUT2D eigenvalue weighted by Gasteiger charge is 2.13. The van der Waals surface area contributed by atoms with E-state index in [1.807, 2.05) is 0 Å². The van der Waals surface area contributed by atoms with Crippen molar-refractivity contribution in [2.45, 2.75) is 0 Å². The summed E-state index contributed by atoms with van der Waals surface area (Å²) in [7, 11) is 0. The molecule has 2 nitrogen and oxygen atoms in total. The summed E-state index contributed by atoms with van der Waals surface area (Å²) in [5.41, 5.74) is 0.0529. The monoisotopic (exact) mass is 212 g/mol. The molecule has 0 bridgehead atoms. The molecule has 74 valence electrons. The highest BCUT2D eigenvalue weighted by molar-refractivity contribution is 7.80. The summed E-state index contributed by atoms with van der Waals surface area (Å²) in [4.78, 5) is 10.7. The fraction of sp³-hybridized carbons (Fsp3) is 0.100. The van der Waals surface area contributed by atoms with Gasteiger partial charge in [0.05, 0.1) is 0 Å². The molecule has 0 spiro atoms. The van der Waals surface area contributed by atoms with Crippen LogP contribution in [0.1, 0.15) is 15.9 Å². The molecule has 0 aliphatic carbocycles. The molecule has 0 amide bonds. The van der Waals surface area contributed by atoms with E-state index in [-0.39, 0.29) is 5.56 Å². The van der Waals surface area contributed by atoms with E-state index in [2.05, 4.69) is 12.6 Å². The Morgan fingerprint density at radius 3 is 2.86 bits per heavy atom. The second-order valence-electron chi connectivity index (χ2n) is 2.59. The lowest BCUT2D eigenvalue weighted by Gasteiger charge is -2.01. The lowest BCUT2D eigenvalue weighted by atomic mass is 10.1. The molecule has 0 atom stereocenters. The number of halogens is 1. The average Bonchev–Trinajstić information content (AvgIpc) is 2.14. The number of hydrogen-bond donors (Lipinski definition) is 2. The van der Waals surface area contributed by atoms with Crippen molar-refractivity contribution in [2.24, 2.45) is 0 Å². The molecule has 1 rings (SSSR count). The third-order valence-corrected chi connectivity index (χ3v) is 1.87. The third kappa shape index (κ3) is 2.35. The number of aromatic carboxylic acids is 1. The van der Waals surface area contributed by atoms with Gasteiger partial charge in [-0.25, -0.2) is 9.18 Å². The summed E-state index contributed by atoms with van der Waals surface area (Å²) in [6.45, 7) is 0. The fourth-order valence-corrected chi connectivity index (χ4v) is 1.19. The lowest BCUT2D eigenvalue weighted by Crippen LogP contribution is -2.03. The second-order valence-corrected chi connectivity index (χ2v) is 2.96. The van der Waals surface area contributed by atoms with Crippen molar-refractivity contribution in [1.29, 1.82) is 0 Å². The van der Waals surface area contributed by atoms with Crippen LogP contribution in [0.3, 0.4) is 0 Å². The van der Waals surface area contributed by atoms with Crippen molar-refractivity contribution in [3.63, 3.8) is 0 Å². The van der Waals surface area contributed by atoms with Crippen LogP contribution in [0, 0.1) is 5.82 Å². The van der Waals surface area contributed by atoms with E-state index in [1.54, 1.807) is 18.2 Å². The molecule has 4 heteroatoms. The van der Waals surface area contributed by atoms with Gasteiger partial charge in [0.25, 0.3) is 0 Å². The number of carboxylic acid groups (broad SMARTS) is 1. The van der Waals surface area contributed by atoms with Crippen molar-refractivity contribution in [3.05, 3.63) is 41.2 Å². The van der Waals surface area contributed by atoms with Gasteiger partial charge in [0.2, 0.25) is 0 Å². The minimum Gasteiger partial charge on any atom is -0.478 e. The normalized spacial score (nSPS) is 10.7. The third-order valence-electron chi connectivity index (χ3n) is 1.66. The Balaban J connectivity index is 3.21. The van der Waals surface area contributed by atoms with E-state index < -0.39 is 11.8 Å². The molecule has 14 heavy (non-hydrogen) atoms. The molecular formula is C10H9FO2S. The Bertz CT molecular complexity index is 374. The summed E-state index contributed by atoms with van der Waals surface area (Å²) in [5, 5.41) is 8.75. The average molecular weight is 212 g/mol.